The second-order valence-corrected chi connectivity index (χ2v) is 7.79. The van der Waals surface area contributed by atoms with Gasteiger partial charge in [0.1, 0.15) is 5.60 Å². The minimum Gasteiger partial charge on any atom is -0.493 e. The van der Waals surface area contributed by atoms with E-state index in [2.05, 4.69) is 36.4 Å². The highest BCUT2D eigenvalue weighted by Crippen LogP contribution is 2.28. The van der Waals surface area contributed by atoms with E-state index in [1.54, 1.807) is 0 Å². The zero-order valence-corrected chi connectivity index (χ0v) is 17.1. The van der Waals surface area contributed by atoms with Crippen LogP contribution in [0.3, 0.4) is 0 Å². The molecule has 0 saturated carbocycles. The molecule has 0 aliphatic heterocycles. The van der Waals surface area contributed by atoms with E-state index in [-0.39, 0.29) is 11.7 Å². The van der Waals surface area contributed by atoms with Crippen LogP contribution in [0.1, 0.15) is 72.5 Å². The van der Waals surface area contributed by atoms with Crippen molar-refractivity contribution >= 4 is 15.9 Å². The fourth-order valence-electron chi connectivity index (χ4n) is 2.41. The highest BCUT2D eigenvalue weighted by Gasteiger charge is 2.17. The highest BCUT2D eigenvalue weighted by molar-refractivity contribution is 9.10. The lowest BCUT2D eigenvalue weighted by Gasteiger charge is -2.21. The normalized spacial score (nSPS) is 13.6. The fourth-order valence-corrected chi connectivity index (χ4v) is 2.68. The summed E-state index contributed by atoms with van der Waals surface area (Å²) in [5, 5.41) is 10.2. The third-order valence-electron chi connectivity index (χ3n) is 3.32. The molecule has 0 aliphatic carbocycles. The van der Waals surface area contributed by atoms with Crippen molar-refractivity contribution in [3.05, 3.63) is 46.6 Å². The first kappa shape index (κ1) is 22.2. The molecule has 2 atom stereocenters. The number of halogens is 1. The van der Waals surface area contributed by atoms with Crippen LogP contribution in [0.5, 0.6) is 0 Å². The molecule has 1 rings (SSSR count). The van der Waals surface area contributed by atoms with Gasteiger partial charge in [0.25, 0.3) is 0 Å². The molecule has 0 heterocycles. The van der Waals surface area contributed by atoms with Gasteiger partial charge >= 0.3 is 0 Å². The number of aliphatic hydroxyl groups excluding tert-OH is 1. The van der Waals surface area contributed by atoms with Gasteiger partial charge in [-0.1, -0.05) is 61.3 Å². The topological polar surface area (TPSA) is 29.5 Å². The lowest BCUT2D eigenvalue weighted by Crippen LogP contribution is -2.17. The molecule has 1 aromatic carbocycles. The Bertz CT molecular complexity index is 446. The summed E-state index contributed by atoms with van der Waals surface area (Å²) in [4.78, 5) is 0. The molecule has 3 heteroatoms. The summed E-state index contributed by atoms with van der Waals surface area (Å²) in [6.45, 7) is 15.8. The number of hydrogen-bond acceptors (Lipinski definition) is 2. The summed E-state index contributed by atoms with van der Waals surface area (Å²) in [5.74, 6) is 1.16. The van der Waals surface area contributed by atoms with E-state index in [1.807, 2.05) is 52.0 Å². The maximum Gasteiger partial charge on any atom is 0.100 e. The van der Waals surface area contributed by atoms with E-state index in [9.17, 15) is 5.11 Å². The summed E-state index contributed by atoms with van der Waals surface area (Å²) in [6.07, 6.45) is 2.94. The monoisotopic (exact) mass is 384 g/mol. The average Bonchev–Trinajstić information content (AvgIpc) is 2.43. The van der Waals surface area contributed by atoms with E-state index in [4.69, 9.17) is 4.74 Å². The number of allylic oxidation sites excluding steroid dienone is 1. The SMILES string of the molecule is C=C(C)OC(C)(C)C.CCCC(CC)C(O)c1ccc(Br)cc1. The van der Waals surface area contributed by atoms with Crippen molar-refractivity contribution in [1.29, 1.82) is 0 Å². The van der Waals surface area contributed by atoms with Gasteiger partial charge in [-0.25, -0.2) is 0 Å². The van der Waals surface area contributed by atoms with Crippen molar-refractivity contribution in [1.82, 2.24) is 0 Å². The van der Waals surface area contributed by atoms with Gasteiger partial charge in [0.2, 0.25) is 0 Å². The smallest absolute Gasteiger partial charge is 0.100 e. The van der Waals surface area contributed by atoms with Gasteiger partial charge in [-0.2, -0.15) is 0 Å². The number of aliphatic hydroxyl groups is 1. The van der Waals surface area contributed by atoms with E-state index < -0.39 is 0 Å². The third-order valence-corrected chi connectivity index (χ3v) is 3.85. The Morgan fingerprint density at radius 2 is 1.74 bits per heavy atom. The van der Waals surface area contributed by atoms with E-state index in [0.717, 1.165) is 35.1 Å². The number of ether oxygens (including phenoxy) is 1. The molecular formula is C20H33BrO2. The van der Waals surface area contributed by atoms with Gasteiger partial charge in [-0.3, -0.25) is 0 Å². The molecule has 132 valence electrons. The molecule has 0 spiro atoms. The fraction of sp³-hybridized carbons (Fsp3) is 0.600. The Morgan fingerprint density at radius 1 is 1.22 bits per heavy atom. The van der Waals surface area contributed by atoms with Crippen LogP contribution in [0.15, 0.2) is 41.1 Å². The number of benzene rings is 1. The van der Waals surface area contributed by atoms with Gasteiger partial charge in [0, 0.05) is 4.47 Å². The Morgan fingerprint density at radius 3 is 2.04 bits per heavy atom. The lowest BCUT2D eigenvalue weighted by atomic mass is 9.90. The Kier molecular flexibility index (Phi) is 10.5. The van der Waals surface area contributed by atoms with E-state index >= 15 is 0 Å². The van der Waals surface area contributed by atoms with Crippen LogP contribution in [0, 0.1) is 5.92 Å². The third kappa shape index (κ3) is 10.6. The zero-order valence-electron chi connectivity index (χ0n) is 15.5. The minimum absolute atomic E-state index is 0.0775. The maximum atomic E-state index is 10.2. The summed E-state index contributed by atoms with van der Waals surface area (Å²) in [7, 11) is 0. The van der Waals surface area contributed by atoms with Gasteiger partial charge < -0.3 is 9.84 Å². The Hall–Kier alpha value is -0.800. The lowest BCUT2D eigenvalue weighted by molar-refractivity contribution is 0.0544. The van der Waals surface area contributed by atoms with E-state index in [0.29, 0.717) is 5.92 Å². The number of hydrogen-bond donors (Lipinski definition) is 1. The zero-order chi connectivity index (χ0) is 18.0. The van der Waals surface area contributed by atoms with Crippen LogP contribution in [0.2, 0.25) is 0 Å². The van der Waals surface area contributed by atoms with Gasteiger partial charge in [0.15, 0.2) is 0 Å². The van der Waals surface area contributed by atoms with Crippen molar-refractivity contribution in [3.8, 4) is 0 Å². The van der Waals surface area contributed by atoms with Gasteiger partial charge in [-0.15, -0.1) is 0 Å². The first-order valence-electron chi connectivity index (χ1n) is 8.38. The predicted octanol–water partition coefficient (Wildman–Crippen LogP) is 6.64. The van der Waals surface area contributed by atoms with Crippen LogP contribution in [0.4, 0.5) is 0 Å². The van der Waals surface area contributed by atoms with Gasteiger partial charge in [-0.05, 0) is 57.7 Å². The summed E-state index contributed by atoms with van der Waals surface area (Å²) < 4.78 is 6.30. The molecule has 0 amide bonds. The second-order valence-electron chi connectivity index (χ2n) is 6.87. The molecule has 23 heavy (non-hydrogen) atoms. The second kappa shape index (κ2) is 10.9. The van der Waals surface area contributed by atoms with E-state index in [1.165, 1.54) is 0 Å². The molecule has 0 aliphatic rings. The summed E-state index contributed by atoms with van der Waals surface area (Å²) in [6, 6.07) is 7.95. The largest absolute Gasteiger partial charge is 0.493 e. The molecule has 0 aromatic heterocycles. The summed E-state index contributed by atoms with van der Waals surface area (Å²) in [5.41, 5.74) is 0.949. The quantitative estimate of drug-likeness (QED) is 0.556. The molecular weight excluding hydrogens is 352 g/mol. The molecule has 1 aromatic rings. The van der Waals surface area contributed by atoms with Gasteiger partial charge in [0.05, 0.1) is 11.9 Å². The molecule has 2 nitrogen and oxygen atoms in total. The summed E-state index contributed by atoms with van der Waals surface area (Å²) >= 11 is 3.40. The first-order chi connectivity index (χ1) is 10.6. The van der Waals surface area contributed by atoms with Crippen molar-refractivity contribution in [2.24, 2.45) is 5.92 Å². The van der Waals surface area contributed by atoms with Crippen molar-refractivity contribution in [3.63, 3.8) is 0 Å². The van der Waals surface area contributed by atoms with Crippen LogP contribution >= 0.6 is 15.9 Å². The number of rotatable bonds is 6. The standard InChI is InChI=1S/C13H19BrO.C7H14O/c1-3-5-10(4-2)13(15)11-6-8-12(14)9-7-11;1-6(2)8-7(3,4)5/h6-10,13,15H,3-5H2,1-2H3;1H2,2-5H3. The molecule has 0 saturated heterocycles. The molecule has 0 radical (unpaired) electrons. The predicted molar refractivity (Wildman–Crippen MR) is 103 cm³/mol. The van der Waals surface area contributed by atoms with Crippen LogP contribution in [0.25, 0.3) is 0 Å². The average molecular weight is 385 g/mol. The molecule has 1 N–H and O–H groups in total. The van der Waals surface area contributed by atoms with Crippen molar-refractivity contribution in [2.75, 3.05) is 0 Å². The van der Waals surface area contributed by atoms with Crippen LogP contribution in [-0.4, -0.2) is 10.7 Å². The highest BCUT2D eigenvalue weighted by atomic mass is 79.9. The van der Waals surface area contributed by atoms with Crippen molar-refractivity contribution in [2.45, 2.75) is 72.5 Å². The first-order valence-corrected chi connectivity index (χ1v) is 9.18. The molecule has 0 bridgehead atoms. The minimum atomic E-state index is -0.317. The molecule has 2 unspecified atom stereocenters. The molecule has 0 fully saturated rings. The van der Waals surface area contributed by atoms with Crippen molar-refractivity contribution < 1.29 is 9.84 Å². The van der Waals surface area contributed by atoms with Crippen LogP contribution < -0.4 is 0 Å². The Labute approximate surface area is 151 Å². The van der Waals surface area contributed by atoms with Crippen LogP contribution in [-0.2, 0) is 4.74 Å². The Balaban J connectivity index is 0.000000515. The maximum absolute atomic E-state index is 10.2.